The van der Waals surface area contributed by atoms with E-state index in [9.17, 15) is 71.0 Å². The SMILES string of the molecule is Nc1ccccc1[C@@H](O)C(F)(F)C(F)(F)C(F)(F)C(F)(F)C(F)(F)C(F)(F)C(F)(F)F. The van der Waals surface area contributed by atoms with Crippen LogP contribution in [0.25, 0.3) is 0 Å². The fourth-order valence-electron chi connectivity index (χ4n) is 2.11. The number of hydrogen-bond acceptors (Lipinski definition) is 2. The summed E-state index contributed by atoms with van der Waals surface area (Å²) in [5.41, 5.74) is 2.51. The smallest absolute Gasteiger partial charge is 0.398 e. The topological polar surface area (TPSA) is 46.2 Å². The molecule has 0 saturated heterocycles. The van der Waals surface area contributed by atoms with Gasteiger partial charge in [0.05, 0.1) is 0 Å². The van der Waals surface area contributed by atoms with Crippen molar-refractivity contribution < 1.29 is 71.0 Å². The van der Waals surface area contributed by atoms with Gasteiger partial charge in [0.2, 0.25) is 0 Å². The molecule has 0 spiro atoms. The number of para-hydroxylation sites is 1. The van der Waals surface area contributed by atoms with Crippen LogP contribution < -0.4 is 5.73 Å². The first-order valence-electron chi connectivity index (χ1n) is 7.29. The highest BCUT2D eigenvalue weighted by molar-refractivity contribution is 5.48. The highest BCUT2D eigenvalue weighted by atomic mass is 19.4. The third kappa shape index (κ3) is 3.53. The Morgan fingerprint density at radius 3 is 1.32 bits per heavy atom. The molecule has 17 heteroatoms. The van der Waals surface area contributed by atoms with Gasteiger partial charge >= 0.3 is 41.7 Å². The van der Waals surface area contributed by atoms with Crippen LogP contribution in [-0.2, 0) is 0 Å². The van der Waals surface area contributed by atoms with Gasteiger partial charge in [-0.2, -0.15) is 65.9 Å². The first kappa shape index (κ1) is 27.0. The Labute approximate surface area is 161 Å². The van der Waals surface area contributed by atoms with Crippen LogP contribution in [0, 0.1) is 0 Å². The van der Waals surface area contributed by atoms with Crippen molar-refractivity contribution in [3.8, 4) is 0 Å². The molecule has 1 rings (SSSR count). The van der Waals surface area contributed by atoms with E-state index in [0.717, 1.165) is 6.07 Å². The van der Waals surface area contributed by atoms with Gasteiger partial charge in [-0.15, -0.1) is 0 Å². The van der Waals surface area contributed by atoms with Gasteiger partial charge in [-0.25, -0.2) is 0 Å². The Morgan fingerprint density at radius 2 is 0.935 bits per heavy atom. The molecule has 0 fully saturated rings. The molecule has 0 saturated carbocycles. The van der Waals surface area contributed by atoms with E-state index in [4.69, 9.17) is 5.73 Å². The Bertz CT molecular complexity index is 801. The summed E-state index contributed by atoms with van der Waals surface area (Å²) in [5, 5.41) is 9.28. The van der Waals surface area contributed by atoms with Crippen LogP contribution in [0.4, 0.5) is 71.5 Å². The molecule has 3 N–H and O–H groups in total. The van der Waals surface area contributed by atoms with Crippen LogP contribution in [0.15, 0.2) is 24.3 Å². The number of halogens is 15. The van der Waals surface area contributed by atoms with Crippen molar-refractivity contribution >= 4 is 5.69 Å². The maximum Gasteiger partial charge on any atom is 0.460 e. The molecule has 0 bridgehead atoms. The van der Waals surface area contributed by atoms with Crippen LogP contribution in [-0.4, -0.2) is 46.8 Å². The van der Waals surface area contributed by atoms with Crippen LogP contribution in [0.5, 0.6) is 0 Å². The van der Waals surface area contributed by atoms with Crippen molar-refractivity contribution in [1.29, 1.82) is 0 Å². The Kier molecular flexibility index (Phi) is 6.29. The number of aliphatic hydroxyl groups is 1. The molecule has 0 aliphatic rings. The highest BCUT2D eigenvalue weighted by Crippen LogP contribution is 2.63. The lowest BCUT2D eigenvalue weighted by Gasteiger charge is -2.42. The zero-order chi connectivity index (χ0) is 25.1. The largest absolute Gasteiger partial charge is 0.460 e. The molecular formula is C14H8F15NO. The Balaban J connectivity index is 3.63. The number of nitrogen functional groups attached to an aromatic ring is 1. The van der Waals surface area contributed by atoms with Gasteiger partial charge in [0.15, 0.2) is 6.10 Å². The van der Waals surface area contributed by atoms with Gasteiger partial charge in [0.25, 0.3) is 0 Å². The number of alkyl halides is 15. The lowest BCUT2D eigenvalue weighted by atomic mass is 9.87. The minimum absolute atomic E-state index is 0.298. The third-order valence-corrected chi connectivity index (χ3v) is 3.99. The van der Waals surface area contributed by atoms with Crippen molar-refractivity contribution in [2.24, 2.45) is 0 Å². The van der Waals surface area contributed by atoms with Gasteiger partial charge in [0, 0.05) is 11.3 Å². The Hall–Kier alpha value is -2.07. The average Bonchev–Trinajstić information content (AvgIpc) is 2.59. The van der Waals surface area contributed by atoms with E-state index in [1.165, 1.54) is 0 Å². The van der Waals surface area contributed by atoms with E-state index in [0.29, 0.717) is 18.2 Å². The highest BCUT2D eigenvalue weighted by Gasteiger charge is 2.93. The van der Waals surface area contributed by atoms with Crippen molar-refractivity contribution in [2.45, 2.75) is 47.8 Å². The molecule has 1 aromatic carbocycles. The van der Waals surface area contributed by atoms with Gasteiger partial charge in [0.1, 0.15) is 0 Å². The maximum atomic E-state index is 13.9. The molecule has 0 aliphatic carbocycles. The average molecular weight is 491 g/mol. The fourth-order valence-corrected chi connectivity index (χ4v) is 2.11. The maximum absolute atomic E-state index is 13.9. The lowest BCUT2D eigenvalue weighted by Crippen LogP contribution is -2.73. The first-order valence-corrected chi connectivity index (χ1v) is 7.29. The standard InChI is InChI=1S/C14H8F15NO/c15-8(16,7(31)5-3-1-2-4-6(5)30)9(17,18)10(19,20)11(21,22)12(23,24)13(25,26)14(27,28)29/h1-4,7,31H,30H2/t7-/m1/s1. The second-order valence-corrected chi connectivity index (χ2v) is 6.02. The zero-order valence-electron chi connectivity index (χ0n) is 14.1. The molecule has 0 aliphatic heterocycles. The van der Waals surface area contributed by atoms with Gasteiger partial charge in [-0.1, -0.05) is 18.2 Å². The predicted molar refractivity (Wildman–Crippen MR) is 71.6 cm³/mol. The van der Waals surface area contributed by atoms with E-state index in [1.54, 1.807) is 0 Å². The summed E-state index contributed by atoms with van der Waals surface area (Å²) in [6, 6.07) is 2.56. The minimum Gasteiger partial charge on any atom is -0.398 e. The molecule has 0 heterocycles. The minimum atomic E-state index is -8.41. The van der Waals surface area contributed by atoms with Crippen LogP contribution in [0.1, 0.15) is 11.7 Å². The predicted octanol–water partition coefficient (Wildman–Crippen LogP) is 5.68. The molecule has 180 valence electrons. The molecule has 31 heavy (non-hydrogen) atoms. The summed E-state index contributed by atoms with van der Waals surface area (Å²) < 4.78 is 197. The van der Waals surface area contributed by atoms with Gasteiger partial charge < -0.3 is 10.8 Å². The molecule has 0 amide bonds. The molecule has 0 aromatic heterocycles. The first-order chi connectivity index (χ1) is 13.4. The molecule has 0 radical (unpaired) electrons. The van der Waals surface area contributed by atoms with Crippen molar-refractivity contribution in [3.63, 3.8) is 0 Å². The number of benzene rings is 1. The second kappa shape index (κ2) is 7.23. The normalized spacial score (nSPS) is 16.4. The van der Waals surface area contributed by atoms with E-state index in [2.05, 4.69) is 0 Å². The summed E-state index contributed by atoms with van der Waals surface area (Å²) in [7, 11) is 0. The molecular weight excluding hydrogens is 483 g/mol. The van der Waals surface area contributed by atoms with E-state index < -0.39 is 59.1 Å². The van der Waals surface area contributed by atoms with Crippen LogP contribution in [0.3, 0.4) is 0 Å². The Morgan fingerprint density at radius 1 is 0.581 bits per heavy atom. The summed E-state index contributed by atoms with van der Waals surface area (Å²) in [4.78, 5) is 0. The van der Waals surface area contributed by atoms with Crippen LogP contribution in [0.2, 0.25) is 0 Å². The van der Waals surface area contributed by atoms with Gasteiger partial charge in [-0.3, -0.25) is 0 Å². The quantitative estimate of drug-likeness (QED) is 0.381. The fraction of sp³-hybridized carbons (Fsp3) is 0.571. The second-order valence-electron chi connectivity index (χ2n) is 6.02. The summed E-state index contributed by atoms with van der Waals surface area (Å²) in [6.45, 7) is 0. The lowest BCUT2D eigenvalue weighted by molar-refractivity contribution is -0.456. The van der Waals surface area contributed by atoms with Crippen molar-refractivity contribution in [3.05, 3.63) is 29.8 Å². The van der Waals surface area contributed by atoms with E-state index >= 15 is 0 Å². The number of anilines is 1. The summed E-state index contributed by atoms with van der Waals surface area (Å²) in [6.07, 6.45) is -11.9. The van der Waals surface area contributed by atoms with E-state index in [1.807, 2.05) is 0 Å². The zero-order valence-corrected chi connectivity index (χ0v) is 14.1. The molecule has 1 atom stereocenters. The molecule has 2 nitrogen and oxygen atoms in total. The summed E-state index contributed by atoms with van der Waals surface area (Å²) in [5.74, 6) is -47.7. The number of rotatable bonds is 7. The molecule has 1 aromatic rings. The van der Waals surface area contributed by atoms with Crippen molar-refractivity contribution in [1.82, 2.24) is 0 Å². The van der Waals surface area contributed by atoms with Crippen molar-refractivity contribution in [2.75, 3.05) is 5.73 Å². The van der Waals surface area contributed by atoms with E-state index in [-0.39, 0.29) is 0 Å². The number of aliphatic hydroxyl groups excluding tert-OH is 1. The third-order valence-electron chi connectivity index (χ3n) is 3.99. The molecule has 0 unspecified atom stereocenters. The van der Waals surface area contributed by atoms with Gasteiger partial charge in [-0.05, 0) is 6.07 Å². The van der Waals surface area contributed by atoms with Crippen LogP contribution >= 0.6 is 0 Å². The number of nitrogens with two attached hydrogens (primary N) is 1. The monoisotopic (exact) mass is 491 g/mol. The number of hydrogen-bond donors (Lipinski definition) is 2. The summed E-state index contributed by atoms with van der Waals surface area (Å²) >= 11 is 0.